The number of hydrogen-bond acceptors (Lipinski definition) is 5. The van der Waals surface area contributed by atoms with Crippen molar-refractivity contribution in [1.82, 2.24) is 9.97 Å². The van der Waals surface area contributed by atoms with Crippen LogP contribution in [0.3, 0.4) is 0 Å². The van der Waals surface area contributed by atoms with Crippen LogP contribution in [-0.2, 0) is 11.3 Å². The molecule has 0 bridgehead atoms. The maximum absolute atomic E-state index is 12.6. The van der Waals surface area contributed by atoms with E-state index in [1.54, 1.807) is 55.0 Å². The Hall–Kier alpha value is -3.73. The first kappa shape index (κ1) is 16.7. The molecular weight excluding hydrogens is 340 g/mol. The lowest BCUT2D eigenvalue weighted by Gasteiger charge is -2.11. The molecule has 0 saturated carbocycles. The lowest BCUT2D eigenvalue weighted by molar-refractivity contribution is 0.0471. The summed E-state index contributed by atoms with van der Waals surface area (Å²) in [6.45, 7) is 0.133. The molecule has 0 atom stereocenters. The third-order valence-electron chi connectivity index (χ3n) is 4.04. The molecule has 0 aliphatic rings. The van der Waals surface area contributed by atoms with Crippen LogP contribution in [0, 0.1) is 0 Å². The van der Waals surface area contributed by atoms with Gasteiger partial charge in [-0.1, -0.05) is 36.4 Å². The van der Waals surface area contributed by atoms with Gasteiger partial charge in [-0.05, 0) is 30.3 Å². The van der Waals surface area contributed by atoms with E-state index >= 15 is 0 Å². The number of carbonyl (C=O) groups excluding carboxylic acids is 1. The fraction of sp³-hybridized carbons (Fsp3) is 0.0455. The lowest BCUT2D eigenvalue weighted by Crippen LogP contribution is -2.07. The normalized spacial score (nSPS) is 10.5. The Morgan fingerprint density at radius 2 is 1.74 bits per heavy atom. The molecule has 5 heteroatoms. The minimum atomic E-state index is -0.456. The van der Waals surface area contributed by atoms with Gasteiger partial charge in [0, 0.05) is 23.3 Å². The van der Waals surface area contributed by atoms with Crippen LogP contribution in [0.5, 0.6) is 11.5 Å². The number of rotatable bonds is 5. The van der Waals surface area contributed by atoms with Gasteiger partial charge in [0.05, 0.1) is 11.7 Å². The maximum atomic E-state index is 12.6. The van der Waals surface area contributed by atoms with Crippen molar-refractivity contribution in [2.75, 3.05) is 0 Å². The van der Waals surface area contributed by atoms with Crippen molar-refractivity contribution >= 4 is 16.9 Å². The number of hydrogen-bond donors (Lipinski definition) is 0. The van der Waals surface area contributed by atoms with Gasteiger partial charge < -0.3 is 9.47 Å². The zero-order valence-corrected chi connectivity index (χ0v) is 14.4. The zero-order valence-electron chi connectivity index (χ0n) is 14.4. The molecule has 0 amide bonds. The molecule has 0 radical (unpaired) electrons. The zero-order chi connectivity index (χ0) is 18.5. The van der Waals surface area contributed by atoms with Crippen LogP contribution in [0.15, 0.2) is 85.3 Å². The van der Waals surface area contributed by atoms with Gasteiger partial charge in [0.15, 0.2) is 0 Å². The Bertz CT molecular complexity index is 1080. The second-order valence-corrected chi connectivity index (χ2v) is 5.86. The number of benzene rings is 2. The molecule has 132 valence electrons. The van der Waals surface area contributed by atoms with E-state index in [9.17, 15) is 4.79 Å². The van der Waals surface area contributed by atoms with Gasteiger partial charge in [0.1, 0.15) is 23.7 Å². The number of ether oxygens (including phenoxy) is 2. The molecule has 5 nitrogen and oxygen atoms in total. The van der Waals surface area contributed by atoms with Crippen LogP contribution in [0.4, 0.5) is 0 Å². The van der Waals surface area contributed by atoms with Gasteiger partial charge in [-0.3, -0.25) is 9.97 Å². The van der Waals surface area contributed by atoms with Crippen molar-refractivity contribution in [2.24, 2.45) is 0 Å². The van der Waals surface area contributed by atoms with E-state index in [0.29, 0.717) is 17.1 Å². The van der Waals surface area contributed by atoms with Crippen molar-refractivity contribution in [2.45, 2.75) is 6.61 Å². The highest BCUT2D eigenvalue weighted by molar-refractivity contribution is 5.92. The lowest BCUT2D eigenvalue weighted by atomic mass is 10.1. The van der Waals surface area contributed by atoms with Crippen LogP contribution >= 0.6 is 0 Å². The van der Waals surface area contributed by atoms with E-state index in [1.165, 1.54) is 0 Å². The molecule has 0 fully saturated rings. The second-order valence-electron chi connectivity index (χ2n) is 5.86. The molecule has 0 spiro atoms. The van der Waals surface area contributed by atoms with Crippen LogP contribution in [0.25, 0.3) is 10.9 Å². The van der Waals surface area contributed by atoms with Gasteiger partial charge >= 0.3 is 5.97 Å². The van der Waals surface area contributed by atoms with Crippen molar-refractivity contribution in [3.8, 4) is 11.5 Å². The first-order chi connectivity index (χ1) is 13.3. The standard InChI is InChI=1S/C22H16N2O3/c25-22(26-15-17-7-3-6-16-8-4-13-24-21(16)17)19-10-1-2-11-20(19)27-18-9-5-12-23-14-18/h1-14H,15H2. The van der Waals surface area contributed by atoms with Gasteiger partial charge in [0.25, 0.3) is 0 Å². The number of para-hydroxylation sites is 2. The Kier molecular flexibility index (Phi) is 4.74. The molecular formula is C22H16N2O3. The summed E-state index contributed by atoms with van der Waals surface area (Å²) in [4.78, 5) is 21.0. The quantitative estimate of drug-likeness (QED) is 0.482. The molecule has 0 saturated heterocycles. The summed E-state index contributed by atoms with van der Waals surface area (Å²) in [6, 6.07) is 20.2. The van der Waals surface area contributed by atoms with E-state index in [-0.39, 0.29) is 6.61 Å². The predicted octanol–water partition coefficient (Wildman–Crippen LogP) is 4.78. The Morgan fingerprint density at radius 3 is 2.63 bits per heavy atom. The van der Waals surface area contributed by atoms with Crippen molar-refractivity contribution in [3.05, 3.63) is 96.4 Å². The van der Waals surface area contributed by atoms with Gasteiger partial charge in [0.2, 0.25) is 0 Å². The predicted molar refractivity (Wildman–Crippen MR) is 102 cm³/mol. The summed E-state index contributed by atoms with van der Waals surface area (Å²) in [5.74, 6) is 0.518. The maximum Gasteiger partial charge on any atom is 0.342 e. The molecule has 2 aromatic carbocycles. The highest BCUT2D eigenvalue weighted by Gasteiger charge is 2.15. The molecule has 0 N–H and O–H groups in total. The number of pyridine rings is 2. The molecule has 0 aliphatic carbocycles. The van der Waals surface area contributed by atoms with Crippen molar-refractivity contribution in [3.63, 3.8) is 0 Å². The van der Waals surface area contributed by atoms with E-state index in [1.807, 2.05) is 30.3 Å². The first-order valence-electron chi connectivity index (χ1n) is 8.48. The van der Waals surface area contributed by atoms with E-state index in [2.05, 4.69) is 9.97 Å². The summed E-state index contributed by atoms with van der Waals surface area (Å²) in [5.41, 5.74) is 2.04. The van der Waals surface area contributed by atoms with E-state index < -0.39 is 5.97 Å². The molecule has 4 aromatic rings. The smallest absolute Gasteiger partial charge is 0.342 e. The Labute approximate surface area is 156 Å². The molecule has 27 heavy (non-hydrogen) atoms. The largest absolute Gasteiger partial charge is 0.457 e. The first-order valence-corrected chi connectivity index (χ1v) is 8.48. The van der Waals surface area contributed by atoms with Crippen molar-refractivity contribution in [1.29, 1.82) is 0 Å². The Balaban J connectivity index is 1.53. The third-order valence-corrected chi connectivity index (χ3v) is 4.04. The fourth-order valence-corrected chi connectivity index (χ4v) is 2.76. The summed E-state index contributed by atoms with van der Waals surface area (Å²) in [6.07, 6.45) is 4.97. The Morgan fingerprint density at radius 1 is 0.889 bits per heavy atom. The summed E-state index contributed by atoms with van der Waals surface area (Å²) in [7, 11) is 0. The highest BCUT2D eigenvalue weighted by Crippen LogP contribution is 2.26. The summed E-state index contributed by atoms with van der Waals surface area (Å²) < 4.78 is 11.3. The third kappa shape index (κ3) is 3.77. The minimum absolute atomic E-state index is 0.133. The number of fused-ring (bicyclic) bond motifs is 1. The second kappa shape index (κ2) is 7.66. The molecule has 4 rings (SSSR count). The monoisotopic (exact) mass is 356 g/mol. The molecule has 0 aliphatic heterocycles. The molecule has 0 unspecified atom stereocenters. The van der Waals surface area contributed by atoms with Crippen molar-refractivity contribution < 1.29 is 14.3 Å². The van der Waals surface area contributed by atoms with Crippen LogP contribution in [0.1, 0.15) is 15.9 Å². The van der Waals surface area contributed by atoms with Crippen LogP contribution in [-0.4, -0.2) is 15.9 Å². The number of esters is 1. The minimum Gasteiger partial charge on any atom is -0.457 e. The van der Waals surface area contributed by atoms with Gasteiger partial charge in [-0.25, -0.2) is 4.79 Å². The van der Waals surface area contributed by atoms with Crippen LogP contribution < -0.4 is 4.74 Å². The van der Waals surface area contributed by atoms with E-state index in [0.717, 1.165) is 16.5 Å². The summed E-state index contributed by atoms with van der Waals surface area (Å²) in [5, 5.41) is 1.01. The van der Waals surface area contributed by atoms with Gasteiger partial charge in [-0.2, -0.15) is 0 Å². The average Bonchev–Trinajstić information content (AvgIpc) is 2.73. The topological polar surface area (TPSA) is 61.3 Å². The SMILES string of the molecule is O=C(OCc1cccc2cccnc12)c1ccccc1Oc1cccnc1. The molecule has 2 heterocycles. The van der Waals surface area contributed by atoms with Crippen LogP contribution in [0.2, 0.25) is 0 Å². The number of carbonyl (C=O) groups is 1. The fourth-order valence-electron chi connectivity index (χ4n) is 2.76. The molecule has 2 aromatic heterocycles. The summed E-state index contributed by atoms with van der Waals surface area (Å²) >= 11 is 0. The van der Waals surface area contributed by atoms with E-state index in [4.69, 9.17) is 9.47 Å². The number of nitrogens with zero attached hydrogens (tertiary/aromatic N) is 2. The average molecular weight is 356 g/mol. The highest BCUT2D eigenvalue weighted by atomic mass is 16.5. The number of aromatic nitrogens is 2. The van der Waals surface area contributed by atoms with Gasteiger partial charge in [-0.15, -0.1) is 0 Å².